The van der Waals surface area contributed by atoms with Gasteiger partial charge in [0.05, 0.1) is 11.2 Å². The van der Waals surface area contributed by atoms with Crippen LogP contribution >= 0.6 is 0 Å². The molecule has 0 saturated carbocycles. The summed E-state index contributed by atoms with van der Waals surface area (Å²) in [4.78, 5) is 5.16. The summed E-state index contributed by atoms with van der Waals surface area (Å²) in [5, 5.41) is 1.83. The van der Waals surface area contributed by atoms with Gasteiger partial charge >= 0.3 is 0 Å². The molecule has 0 unspecified atom stereocenters. The highest BCUT2D eigenvalue weighted by atomic mass is 19.2. The van der Waals surface area contributed by atoms with Gasteiger partial charge in [-0.15, -0.1) is 0 Å². The molecule has 0 amide bonds. The fourth-order valence-electron chi connectivity index (χ4n) is 2.85. The molecular formula is C18H13FN2. The van der Waals surface area contributed by atoms with E-state index in [1.165, 1.54) is 0 Å². The molecule has 4 rings (SSSR count). The second-order valence-corrected chi connectivity index (χ2v) is 5.11. The van der Waals surface area contributed by atoms with Crippen molar-refractivity contribution in [2.75, 3.05) is 0 Å². The molecule has 0 aliphatic heterocycles. The fraction of sp³-hybridized carbons (Fsp3) is 0.0556. The summed E-state index contributed by atoms with van der Waals surface area (Å²) in [6.07, 6.45) is 2.38. The van der Waals surface area contributed by atoms with E-state index in [1.54, 1.807) is 12.3 Å². The molecule has 0 aliphatic rings. The minimum absolute atomic E-state index is 0.572. The number of benzene rings is 2. The molecule has 3 heteroatoms. The predicted octanol–water partition coefficient (Wildman–Crippen LogP) is 4.51. The number of rotatable bonds is 2. The Bertz CT molecular complexity index is 926. The highest BCUT2D eigenvalue weighted by molar-refractivity contribution is 6.08. The lowest BCUT2D eigenvalue weighted by Gasteiger charge is -2.03. The van der Waals surface area contributed by atoms with Gasteiger partial charge in [-0.05, 0) is 17.7 Å². The van der Waals surface area contributed by atoms with Gasteiger partial charge in [-0.1, -0.05) is 53.0 Å². The summed E-state index contributed by atoms with van der Waals surface area (Å²) in [6.45, 7) is 0. The monoisotopic (exact) mass is 276 g/mol. The summed E-state index contributed by atoms with van der Waals surface area (Å²) in [7, 11) is 0. The number of nitrogens with zero attached hydrogens (tertiary/aromatic N) is 2. The van der Waals surface area contributed by atoms with Crippen LogP contribution in [0, 0.1) is 0 Å². The Hall–Kier alpha value is -2.68. The standard InChI is InChI=1S/C18H13FN2/c19-21-17-9-5-4-8-14(17)15-10-11-20-16(18(15)21)12-13-6-2-1-3-7-13/h1-11H,12H2. The summed E-state index contributed by atoms with van der Waals surface area (Å²) >= 11 is 0. The first-order valence-electron chi connectivity index (χ1n) is 6.92. The molecular weight excluding hydrogens is 263 g/mol. The van der Waals surface area contributed by atoms with E-state index in [1.807, 2.05) is 54.6 Å². The highest BCUT2D eigenvalue weighted by Gasteiger charge is 2.14. The highest BCUT2D eigenvalue weighted by Crippen LogP contribution is 2.30. The number of fused-ring (bicyclic) bond motifs is 3. The Morgan fingerprint density at radius 2 is 1.62 bits per heavy atom. The third kappa shape index (κ3) is 1.89. The Morgan fingerprint density at radius 1 is 0.857 bits per heavy atom. The van der Waals surface area contributed by atoms with Gasteiger partial charge in [0.2, 0.25) is 0 Å². The molecule has 0 N–H and O–H groups in total. The van der Waals surface area contributed by atoms with Crippen molar-refractivity contribution in [3.8, 4) is 0 Å². The van der Waals surface area contributed by atoms with Crippen molar-refractivity contribution < 1.29 is 4.48 Å². The second-order valence-electron chi connectivity index (χ2n) is 5.11. The zero-order valence-corrected chi connectivity index (χ0v) is 11.3. The Kier molecular flexibility index (Phi) is 2.71. The van der Waals surface area contributed by atoms with Crippen molar-refractivity contribution in [1.29, 1.82) is 0 Å². The van der Waals surface area contributed by atoms with Crippen molar-refractivity contribution in [3.63, 3.8) is 0 Å². The second kappa shape index (κ2) is 4.70. The summed E-state index contributed by atoms with van der Waals surface area (Å²) in [5.74, 6) is 0. The van der Waals surface area contributed by atoms with E-state index in [9.17, 15) is 4.48 Å². The van der Waals surface area contributed by atoms with E-state index in [-0.39, 0.29) is 0 Å². The zero-order chi connectivity index (χ0) is 14.2. The lowest BCUT2D eigenvalue weighted by molar-refractivity contribution is 0.404. The fourth-order valence-corrected chi connectivity index (χ4v) is 2.85. The van der Waals surface area contributed by atoms with Crippen molar-refractivity contribution in [3.05, 3.63) is 78.1 Å². The first kappa shape index (κ1) is 12.1. The molecule has 2 heterocycles. The molecule has 0 radical (unpaired) electrons. The molecule has 4 aromatic rings. The topological polar surface area (TPSA) is 17.8 Å². The number of pyridine rings is 1. The van der Waals surface area contributed by atoms with Crippen LogP contribution in [0.1, 0.15) is 11.3 Å². The first-order chi connectivity index (χ1) is 10.3. The maximum atomic E-state index is 14.7. The van der Waals surface area contributed by atoms with Crippen molar-refractivity contribution in [2.24, 2.45) is 0 Å². The summed E-state index contributed by atoms with van der Waals surface area (Å²) in [6, 6.07) is 19.4. The van der Waals surface area contributed by atoms with Crippen LogP contribution in [0.2, 0.25) is 0 Å². The van der Waals surface area contributed by atoms with Crippen molar-refractivity contribution in [2.45, 2.75) is 6.42 Å². The van der Waals surface area contributed by atoms with Gasteiger partial charge in [0, 0.05) is 23.4 Å². The molecule has 0 atom stereocenters. The Morgan fingerprint density at radius 3 is 2.48 bits per heavy atom. The smallest absolute Gasteiger partial charge is 0.104 e. The van der Waals surface area contributed by atoms with E-state index in [2.05, 4.69) is 4.98 Å². The van der Waals surface area contributed by atoms with Gasteiger partial charge in [0.1, 0.15) is 5.52 Å². The van der Waals surface area contributed by atoms with Crippen LogP contribution in [-0.2, 0) is 6.42 Å². The molecule has 21 heavy (non-hydrogen) atoms. The predicted molar refractivity (Wildman–Crippen MR) is 83.0 cm³/mol. The minimum Gasteiger partial charge on any atom is -0.259 e. The molecule has 0 aliphatic carbocycles. The van der Waals surface area contributed by atoms with Gasteiger partial charge in [0.25, 0.3) is 0 Å². The quantitative estimate of drug-likeness (QED) is 0.526. The van der Waals surface area contributed by atoms with Crippen LogP contribution in [0.3, 0.4) is 0 Å². The van der Waals surface area contributed by atoms with E-state index in [0.717, 1.165) is 26.8 Å². The van der Waals surface area contributed by atoms with Gasteiger partial charge < -0.3 is 0 Å². The first-order valence-corrected chi connectivity index (χ1v) is 6.92. The van der Waals surface area contributed by atoms with Crippen LogP contribution in [0.25, 0.3) is 21.8 Å². The maximum absolute atomic E-state index is 14.7. The number of para-hydroxylation sites is 1. The van der Waals surface area contributed by atoms with E-state index in [0.29, 0.717) is 17.5 Å². The summed E-state index contributed by atoms with van der Waals surface area (Å²) < 4.78 is 14.7. The Balaban J connectivity index is 1.98. The molecule has 2 aromatic heterocycles. The molecule has 2 aromatic carbocycles. The molecule has 0 fully saturated rings. The number of hydrogen-bond donors (Lipinski definition) is 0. The van der Waals surface area contributed by atoms with Crippen LogP contribution in [0.15, 0.2) is 66.9 Å². The van der Waals surface area contributed by atoms with Gasteiger partial charge in [0.15, 0.2) is 0 Å². The molecule has 0 spiro atoms. The van der Waals surface area contributed by atoms with E-state index in [4.69, 9.17) is 0 Å². The SMILES string of the molecule is Fn1c2ccccc2c2ccnc(Cc3ccccc3)c21. The zero-order valence-electron chi connectivity index (χ0n) is 11.3. The van der Waals surface area contributed by atoms with Crippen LogP contribution in [0.4, 0.5) is 4.48 Å². The molecule has 0 saturated heterocycles. The van der Waals surface area contributed by atoms with Crippen LogP contribution in [0.5, 0.6) is 0 Å². The van der Waals surface area contributed by atoms with Crippen molar-refractivity contribution in [1.82, 2.24) is 9.77 Å². The summed E-state index contributed by atoms with van der Waals surface area (Å²) in [5.41, 5.74) is 3.05. The molecule has 102 valence electrons. The van der Waals surface area contributed by atoms with E-state index >= 15 is 0 Å². The average molecular weight is 276 g/mol. The minimum atomic E-state index is 0.572. The van der Waals surface area contributed by atoms with Gasteiger partial charge in [-0.2, -0.15) is 4.79 Å². The molecule has 0 bridgehead atoms. The lowest BCUT2D eigenvalue weighted by atomic mass is 10.1. The average Bonchev–Trinajstić information content (AvgIpc) is 2.83. The van der Waals surface area contributed by atoms with E-state index < -0.39 is 0 Å². The lowest BCUT2D eigenvalue weighted by Crippen LogP contribution is -1.95. The Labute approximate surface area is 121 Å². The largest absolute Gasteiger partial charge is 0.259 e. The third-order valence-corrected chi connectivity index (χ3v) is 3.82. The van der Waals surface area contributed by atoms with Crippen molar-refractivity contribution >= 4 is 21.8 Å². The van der Waals surface area contributed by atoms with Gasteiger partial charge in [-0.3, -0.25) is 4.98 Å². The maximum Gasteiger partial charge on any atom is 0.104 e. The normalized spacial score (nSPS) is 11.3. The number of hydrogen-bond acceptors (Lipinski definition) is 1. The third-order valence-electron chi connectivity index (χ3n) is 3.82. The van der Waals surface area contributed by atoms with Crippen LogP contribution < -0.4 is 0 Å². The molecule has 2 nitrogen and oxygen atoms in total. The van der Waals surface area contributed by atoms with Crippen LogP contribution in [-0.4, -0.2) is 9.77 Å². The number of aromatic nitrogens is 2. The van der Waals surface area contributed by atoms with Gasteiger partial charge in [-0.25, -0.2) is 0 Å². The number of halogens is 1.